The van der Waals surface area contributed by atoms with Crippen molar-refractivity contribution in [2.75, 3.05) is 6.54 Å². The van der Waals surface area contributed by atoms with E-state index >= 15 is 0 Å². The maximum Gasteiger partial charge on any atom is 0.220 e. The van der Waals surface area contributed by atoms with Crippen molar-refractivity contribution < 1.29 is 4.79 Å². The van der Waals surface area contributed by atoms with Gasteiger partial charge in [-0.1, -0.05) is 45.4 Å². The van der Waals surface area contributed by atoms with E-state index in [-0.39, 0.29) is 11.3 Å². The first kappa shape index (κ1) is 14.6. The number of rotatable bonds is 6. The number of benzene rings is 1. The summed E-state index contributed by atoms with van der Waals surface area (Å²) < 4.78 is 0. The zero-order valence-electron chi connectivity index (χ0n) is 12.6. The number of hydrogen-bond acceptors (Lipinski definition) is 1. The van der Waals surface area contributed by atoms with Crippen LogP contribution in [0.1, 0.15) is 45.6 Å². The number of aromatic nitrogens is 1. The Morgan fingerprint density at radius 1 is 1.30 bits per heavy atom. The van der Waals surface area contributed by atoms with Gasteiger partial charge in [-0.3, -0.25) is 4.79 Å². The van der Waals surface area contributed by atoms with Gasteiger partial charge in [-0.05, 0) is 18.1 Å². The number of H-pyrrole nitrogens is 1. The van der Waals surface area contributed by atoms with Crippen LogP contribution in [0.3, 0.4) is 0 Å². The molecule has 2 N–H and O–H groups in total. The van der Waals surface area contributed by atoms with E-state index < -0.39 is 0 Å². The molecule has 0 atom stereocenters. The van der Waals surface area contributed by atoms with Crippen molar-refractivity contribution in [1.29, 1.82) is 0 Å². The third-order valence-corrected chi connectivity index (χ3v) is 3.80. The van der Waals surface area contributed by atoms with E-state index in [2.05, 4.69) is 55.5 Å². The largest absolute Gasteiger partial charge is 0.361 e. The van der Waals surface area contributed by atoms with Crippen LogP contribution in [-0.2, 0) is 10.2 Å². The number of carbonyl (C=O) groups excluding carboxylic acids is 1. The molecule has 0 radical (unpaired) electrons. The molecule has 1 heterocycles. The lowest BCUT2D eigenvalue weighted by atomic mass is 9.84. The summed E-state index contributed by atoms with van der Waals surface area (Å²) in [4.78, 5) is 15.1. The molecule has 1 aromatic heterocycles. The van der Waals surface area contributed by atoms with Gasteiger partial charge in [0.05, 0.1) is 0 Å². The quantitative estimate of drug-likeness (QED) is 0.826. The molecule has 0 aliphatic heterocycles. The Kier molecular flexibility index (Phi) is 4.48. The highest BCUT2D eigenvalue weighted by molar-refractivity contribution is 5.84. The summed E-state index contributed by atoms with van der Waals surface area (Å²) in [5.74, 6) is 0.153. The average molecular weight is 272 g/mol. The Hall–Kier alpha value is -1.77. The predicted molar refractivity (Wildman–Crippen MR) is 83.9 cm³/mol. The Labute approximate surface area is 120 Å². The monoisotopic (exact) mass is 272 g/mol. The number of para-hydroxylation sites is 1. The van der Waals surface area contributed by atoms with E-state index in [1.165, 1.54) is 10.9 Å². The minimum atomic E-state index is -0.0819. The summed E-state index contributed by atoms with van der Waals surface area (Å²) in [5, 5.41) is 4.29. The fraction of sp³-hybridized carbons (Fsp3) is 0.471. The van der Waals surface area contributed by atoms with Gasteiger partial charge in [0.15, 0.2) is 0 Å². The lowest BCUT2D eigenvalue weighted by Crippen LogP contribution is -2.36. The van der Waals surface area contributed by atoms with Crippen LogP contribution in [0.4, 0.5) is 0 Å². The minimum absolute atomic E-state index is 0.0819. The summed E-state index contributed by atoms with van der Waals surface area (Å²) >= 11 is 0. The van der Waals surface area contributed by atoms with Crippen molar-refractivity contribution >= 4 is 16.8 Å². The average Bonchev–Trinajstić information content (AvgIpc) is 2.87. The molecular formula is C17H24N2O. The fourth-order valence-corrected chi connectivity index (χ4v) is 2.47. The second-order valence-corrected chi connectivity index (χ2v) is 6.01. The van der Waals surface area contributed by atoms with Crippen molar-refractivity contribution in [2.45, 2.75) is 45.4 Å². The molecule has 0 aliphatic rings. The van der Waals surface area contributed by atoms with E-state index in [9.17, 15) is 4.79 Å². The van der Waals surface area contributed by atoms with Crippen LogP contribution < -0.4 is 5.32 Å². The number of aromatic amines is 1. The molecule has 3 heteroatoms. The van der Waals surface area contributed by atoms with Crippen LogP contribution in [0.2, 0.25) is 0 Å². The van der Waals surface area contributed by atoms with Gasteiger partial charge in [-0.25, -0.2) is 0 Å². The van der Waals surface area contributed by atoms with Crippen LogP contribution in [0.5, 0.6) is 0 Å². The van der Waals surface area contributed by atoms with E-state index in [1.807, 2.05) is 6.07 Å². The number of unbranched alkanes of at least 4 members (excludes halogenated alkanes) is 1. The van der Waals surface area contributed by atoms with Gasteiger partial charge in [-0.15, -0.1) is 0 Å². The Morgan fingerprint density at radius 2 is 2.05 bits per heavy atom. The molecule has 0 saturated carbocycles. The van der Waals surface area contributed by atoms with E-state index in [4.69, 9.17) is 0 Å². The molecule has 1 amide bonds. The normalized spacial score (nSPS) is 11.8. The summed E-state index contributed by atoms with van der Waals surface area (Å²) in [6.07, 6.45) is 4.70. The van der Waals surface area contributed by atoms with E-state index in [0.717, 1.165) is 18.4 Å². The Balaban J connectivity index is 2.08. The number of nitrogens with one attached hydrogen (secondary N) is 2. The molecule has 0 spiro atoms. The molecule has 0 aliphatic carbocycles. The van der Waals surface area contributed by atoms with Crippen molar-refractivity contribution in [2.24, 2.45) is 0 Å². The summed E-state index contributed by atoms with van der Waals surface area (Å²) in [6.45, 7) is 7.10. The third-order valence-electron chi connectivity index (χ3n) is 3.80. The number of carbonyl (C=O) groups is 1. The SMILES string of the molecule is CCCCC(=O)NCC(C)(C)c1c[nH]c2ccccc12. The number of hydrogen-bond donors (Lipinski definition) is 2. The minimum Gasteiger partial charge on any atom is -0.361 e. The molecule has 0 bridgehead atoms. The first-order valence-corrected chi connectivity index (χ1v) is 7.38. The lowest BCUT2D eigenvalue weighted by Gasteiger charge is -2.25. The first-order valence-electron chi connectivity index (χ1n) is 7.38. The van der Waals surface area contributed by atoms with Gasteiger partial charge in [-0.2, -0.15) is 0 Å². The number of fused-ring (bicyclic) bond motifs is 1. The summed E-state index contributed by atoms with van der Waals surface area (Å²) in [7, 11) is 0. The third kappa shape index (κ3) is 3.21. The maximum atomic E-state index is 11.8. The Bertz CT molecular complexity index is 583. The molecule has 0 unspecified atom stereocenters. The highest BCUT2D eigenvalue weighted by Gasteiger charge is 2.24. The molecule has 20 heavy (non-hydrogen) atoms. The first-order chi connectivity index (χ1) is 9.54. The standard InChI is InChI=1S/C17H24N2O/c1-4-5-10-16(20)19-12-17(2,3)14-11-18-15-9-7-6-8-13(14)15/h6-9,11,18H,4-5,10,12H2,1-3H3,(H,19,20). The van der Waals surface area contributed by atoms with E-state index in [0.29, 0.717) is 13.0 Å². The van der Waals surface area contributed by atoms with Gasteiger partial charge in [0.25, 0.3) is 0 Å². The zero-order valence-corrected chi connectivity index (χ0v) is 12.6. The van der Waals surface area contributed by atoms with Crippen LogP contribution in [0.25, 0.3) is 10.9 Å². The summed E-state index contributed by atoms with van der Waals surface area (Å²) in [6, 6.07) is 8.29. The maximum absolute atomic E-state index is 11.8. The van der Waals surface area contributed by atoms with Crippen molar-refractivity contribution in [3.63, 3.8) is 0 Å². The van der Waals surface area contributed by atoms with Gasteiger partial charge in [0.1, 0.15) is 0 Å². The zero-order chi connectivity index (χ0) is 14.6. The second-order valence-electron chi connectivity index (χ2n) is 6.01. The van der Waals surface area contributed by atoms with Crippen molar-refractivity contribution in [3.05, 3.63) is 36.0 Å². The highest BCUT2D eigenvalue weighted by Crippen LogP contribution is 2.29. The van der Waals surface area contributed by atoms with Gasteiger partial charge in [0.2, 0.25) is 5.91 Å². The van der Waals surface area contributed by atoms with Gasteiger partial charge in [0, 0.05) is 35.5 Å². The summed E-state index contributed by atoms with van der Waals surface area (Å²) in [5.41, 5.74) is 2.32. The molecule has 0 fully saturated rings. The fourth-order valence-electron chi connectivity index (χ4n) is 2.47. The van der Waals surface area contributed by atoms with Gasteiger partial charge >= 0.3 is 0 Å². The molecule has 1 aromatic carbocycles. The van der Waals surface area contributed by atoms with Crippen LogP contribution >= 0.6 is 0 Å². The molecule has 108 valence electrons. The van der Waals surface area contributed by atoms with Crippen LogP contribution in [0, 0.1) is 0 Å². The lowest BCUT2D eigenvalue weighted by molar-refractivity contribution is -0.121. The molecule has 3 nitrogen and oxygen atoms in total. The topological polar surface area (TPSA) is 44.9 Å². The molecule has 2 rings (SSSR count). The van der Waals surface area contributed by atoms with Crippen LogP contribution in [0.15, 0.2) is 30.5 Å². The van der Waals surface area contributed by atoms with Gasteiger partial charge < -0.3 is 10.3 Å². The molecule has 2 aromatic rings. The van der Waals surface area contributed by atoms with E-state index in [1.54, 1.807) is 0 Å². The highest BCUT2D eigenvalue weighted by atomic mass is 16.1. The van der Waals surface area contributed by atoms with Crippen molar-refractivity contribution in [3.8, 4) is 0 Å². The van der Waals surface area contributed by atoms with Crippen molar-refractivity contribution in [1.82, 2.24) is 10.3 Å². The predicted octanol–water partition coefficient (Wildman–Crippen LogP) is 3.75. The Morgan fingerprint density at radius 3 is 2.80 bits per heavy atom. The second kappa shape index (κ2) is 6.12. The smallest absolute Gasteiger partial charge is 0.220 e. The molecule has 0 saturated heterocycles. The van der Waals surface area contributed by atoms with Crippen LogP contribution in [-0.4, -0.2) is 17.4 Å². The molecular weight excluding hydrogens is 248 g/mol. The number of amides is 1.